The molecular formula is C44H51N3O4. The molecule has 5 aliphatic rings. The van der Waals surface area contributed by atoms with Gasteiger partial charge in [0, 0.05) is 42.3 Å². The van der Waals surface area contributed by atoms with E-state index in [4.69, 9.17) is 9.47 Å². The Balaban J connectivity index is 0.998. The van der Waals surface area contributed by atoms with Crippen LogP contribution in [-0.4, -0.2) is 34.2 Å². The molecule has 1 saturated heterocycles. The summed E-state index contributed by atoms with van der Waals surface area (Å²) in [7, 11) is 0. The van der Waals surface area contributed by atoms with Crippen molar-refractivity contribution in [2.75, 3.05) is 11.9 Å². The number of nitrogens with one attached hydrogen (secondary N) is 2. The van der Waals surface area contributed by atoms with Crippen LogP contribution in [0.2, 0.25) is 0 Å². The van der Waals surface area contributed by atoms with E-state index in [1.54, 1.807) is 0 Å². The van der Waals surface area contributed by atoms with Crippen LogP contribution < -0.4 is 10.6 Å². The van der Waals surface area contributed by atoms with Crippen LogP contribution in [0.5, 0.6) is 0 Å². The second-order valence-electron chi connectivity index (χ2n) is 15.9. The molecule has 7 heteroatoms. The van der Waals surface area contributed by atoms with E-state index in [2.05, 4.69) is 95.3 Å². The van der Waals surface area contributed by atoms with Gasteiger partial charge in [-0.25, -0.2) is 4.79 Å². The third kappa shape index (κ3) is 7.92. The fourth-order valence-corrected chi connectivity index (χ4v) is 9.84. The molecule has 0 spiro atoms. The molecule has 5 fully saturated rings. The first-order chi connectivity index (χ1) is 24.9. The van der Waals surface area contributed by atoms with E-state index in [-0.39, 0.29) is 36.3 Å². The van der Waals surface area contributed by atoms with Gasteiger partial charge in [-0.2, -0.15) is 0 Å². The maximum Gasteiger partial charge on any atom is 0.319 e. The number of ether oxygens (including phenoxy) is 2. The number of aliphatic hydroxyl groups excluding tert-OH is 1. The fraction of sp³-hybridized carbons (Fsp3) is 0.432. The van der Waals surface area contributed by atoms with E-state index in [1.165, 1.54) is 30.4 Å². The Hall–Kier alpha value is -4.01. The second kappa shape index (κ2) is 14.9. The monoisotopic (exact) mass is 685 g/mol. The summed E-state index contributed by atoms with van der Waals surface area (Å²) in [6.45, 7) is 4.54. The smallest absolute Gasteiger partial charge is 0.319 e. The molecule has 4 aromatic carbocycles. The maximum absolute atomic E-state index is 13.3. The highest BCUT2D eigenvalue weighted by Crippen LogP contribution is 2.55. The lowest BCUT2D eigenvalue weighted by atomic mass is 9.53. The van der Waals surface area contributed by atoms with Crippen molar-refractivity contribution in [3.63, 3.8) is 0 Å². The highest BCUT2D eigenvalue weighted by atomic mass is 16.7. The molecule has 1 heterocycles. The van der Waals surface area contributed by atoms with Crippen molar-refractivity contribution in [2.45, 2.75) is 89.2 Å². The molecule has 4 aromatic rings. The van der Waals surface area contributed by atoms with Crippen LogP contribution in [0.25, 0.3) is 0 Å². The number of anilines is 1. The largest absolute Gasteiger partial charge is 0.392 e. The highest BCUT2D eigenvalue weighted by molar-refractivity contribution is 5.89. The van der Waals surface area contributed by atoms with Crippen molar-refractivity contribution >= 4 is 11.7 Å². The van der Waals surface area contributed by atoms with Gasteiger partial charge in [-0.1, -0.05) is 104 Å². The second-order valence-corrected chi connectivity index (χ2v) is 15.9. The van der Waals surface area contributed by atoms with Crippen LogP contribution in [0, 0.1) is 23.7 Å². The maximum atomic E-state index is 13.3. The summed E-state index contributed by atoms with van der Waals surface area (Å²) in [6, 6.07) is 37.1. The Labute approximate surface area is 302 Å². The molecule has 4 atom stereocenters. The Bertz CT molecular complexity index is 1670. The molecule has 9 rings (SSSR count). The topological polar surface area (TPSA) is 83.1 Å². The molecule has 4 saturated carbocycles. The van der Waals surface area contributed by atoms with Crippen molar-refractivity contribution in [2.24, 2.45) is 23.7 Å². The van der Waals surface area contributed by atoms with E-state index >= 15 is 0 Å². The Morgan fingerprint density at radius 1 is 0.725 bits per heavy atom. The number of benzene rings is 4. The average Bonchev–Trinajstić information content (AvgIpc) is 3.13. The van der Waals surface area contributed by atoms with Crippen molar-refractivity contribution in [3.05, 3.63) is 137 Å². The molecule has 0 aromatic heterocycles. The zero-order valence-electron chi connectivity index (χ0n) is 29.6. The van der Waals surface area contributed by atoms with Gasteiger partial charge in [0.1, 0.15) is 0 Å². The summed E-state index contributed by atoms with van der Waals surface area (Å²) in [5, 5.41) is 16.2. The van der Waals surface area contributed by atoms with Gasteiger partial charge in [-0.3, -0.25) is 4.90 Å². The minimum atomic E-state index is -0.584. The van der Waals surface area contributed by atoms with Crippen molar-refractivity contribution < 1.29 is 19.4 Å². The van der Waals surface area contributed by atoms with Crippen molar-refractivity contribution in [1.82, 2.24) is 10.2 Å². The molecule has 7 nitrogen and oxygen atoms in total. The first kappa shape index (κ1) is 34.1. The van der Waals surface area contributed by atoms with Crippen LogP contribution >= 0.6 is 0 Å². The van der Waals surface area contributed by atoms with E-state index in [1.807, 2.05) is 36.4 Å². The number of carbonyl (C=O) groups excluding carboxylic acids is 1. The summed E-state index contributed by atoms with van der Waals surface area (Å²) in [5.41, 5.74) is 6.10. The molecule has 4 aliphatic carbocycles. The zero-order valence-corrected chi connectivity index (χ0v) is 29.6. The first-order valence-electron chi connectivity index (χ1n) is 18.9. The zero-order chi connectivity index (χ0) is 34.8. The van der Waals surface area contributed by atoms with E-state index < -0.39 is 6.29 Å². The van der Waals surface area contributed by atoms with E-state index in [0.717, 1.165) is 79.0 Å². The van der Waals surface area contributed by atoms with Gasteiger partial charge in [0.2, 0.25) is 0 Å². The predicted molar refractivity (Wildman–Crippen MR) is 199 cm³/mol. The Kier molecular flexibility index (Phi) is 9.97. The van der Waals surface area contributed by atoms with Crippen LogP contribution in [-0.2, 0) is 29.2 Å². The van der Waals surface area contributed by atoms with Crippen molar-refractivity contribution in [1.29, 1.82) is 0 Å². The minimum absolute atomic E-state index is 0.00456. The molecular weight excluding hydrogens is 635 g/mol. The summed E-state index contributed by atoms with van der Waals surface area (Å²) < 4.78 is 13.6. The first-order valence-corrected chi connectivity index (χ1v) is 18.9. The lowest BCUT2D eigenvalue weighted by molar-refractivity contribution is -0.276. The lowest BCUT2D eigenvalue weighted by Crippen LogP contribution is -2.60. The number of amides is 2. The number of aliphatic hydroxyl groups is 1. The quantitative estimate of drug-likeness (QED) is 0.147. The Morgan fingerprint density at radius 2 is 1.27 bits per heavy atom. The number of nitrogens with zero attached hydrogens (tertiary/aromatic N) is 1. The van der Waals surface area contributed by atoms with Crippen molar-refractivity contribution in [3.8, 4) is 0 Å². The fourth-order valence-electron chi connectivity index (χ4n) is 9.84. The van der Waals surface area contributed by atoms with Gasteiger partial charge in [0.05, 0.1) is 18.8 Å². The highest BCUT2D eigenvalue weighted by Gasteiger charge is 2.51. The minimum Gasteiger partial charge on any atom is -0.392 e. The van der Waals surface area contributed by atoms with E-state index in [9.17, 15) is 9.90 Å². The van der Waals surface area contributed by atoms with Gasteiger partial charge in [0.25, 0.3) is 0 Å². The van der Waals surface area contributed by atoms with Gasteiger partial charge < -0.3 is 25.2 Å². The van der Waals surface area contributed by atoms with Crippen LogP contribution in [0.3, 0.4) is 0 Å². The molecule has 266 valence electrons. The van der Waals surface area contributed by atoms with Crippen LogP contribution in [0.15, 0.2) is 109 Å². The normalized spacial score (nSPS) is 29.6. The average molecular weight is 686 g/mol. The number of hydrogen-bond acceptors (Lipinski definition) is 5. The molecule has 51 heavy (non-hydrogen) atoms. The molecule has 3 N–H and O–H groups in total. The van der Waals surface area contributed by atoms with Gasteiger partial charge >= 0.3 is 6.03 Å². The third-order valence-corrected chi connectivity index (χ3v) is 11.9. The number of rotatable bonds is 11. The molecule has 0 radical (unpaired) electrons. The third-order valence-electron chi connectivity index (χ3n) is 11.9. The number of carbonyl (C=O) groups is 1. The van der Waals surface area contributed by atoms with E-state index in [0.29, 0.717) is 0 Å². The Morgan fingerprint density at radius 3 is 1.82 bits per heavy atom. The molecule has 4 bridgehead atoms. The van der Waals surface area contributed by atoms with Crippen LogP contribution in [0.1, 0.15) is 85.7 Å². The predicted octanol–water partition coefficient (Wildman–Crippen LogP) is 8.76. The number of hydrogen-bond donors (Lipinski definition) is 3. The van der Waals surface area contributed by atoms with Gasteiger partial charge in [-0.05, 0) is 90.7 Å². The summed E-state index contributed by atoms with van der Waals surface area (Å²) in [4.78, 5) is 15.7. The SMILES string of the molecule is C[C@H]1[C@@H](CN(Cc2ccccc2)Cc2ccccc2)O[C@@H](c2ccc(NC(=O)NC34CC5CC(CC(C5)C3)C4)cc2)O[C@H]1c1ccc(CO)cc1. The van der Waals surface area contributed by atoms with Gasteiger partial charge in [-0.15, -0.1) is 0 Å². The lowest BCUT2D eigenvalue weighted by Gasteiger charge is -2.56. The standard InChI is InChI=1S/C44H51N3O4/c1-30-40(28-47(26-31-8-4-2-5-9-31)27-32-10-6-3-7-11-32)50-42(51-41(30)37-14-12-33(29-48)13-15-37)38-16-18-39(19-17-38)45-43(49)46-44-23-34-20-35(24-44)22-36(21-34)25-44/h2-19,30,34-36,40-42,48H,20-29H2,1H3,(H2,45,46,49)/t30-,34?,35?,36?,40+,41+,42+,44?/m0/s1. The summed E-state index contributed by atoms with van der Waals surface area (Å²) in [5.74, 6) is 2.39. The molecule has 1 aliphatic heterocycles. The van der Waals surface area contributed by atoms with Gasteiger partial charge in [0.15, 0.2) is 6.29 Å². The number of urea groups is 1. The summed E-state index contributed by atoms with van der Waals surface area (Å²) in [6.07, 6.45) is 6.51. The molecule has 2 amide bonds. The summed E-state index contributed by atoms with van der Waals surface area (Å²) >= 11 is 0. The van der Waals surface area contributed by atoms with Crippen LogP contribution in [0.4, 0.5) is 10.5 Å². The molecule has 0 unspecified atom stereocenters.